The summed E-state index contributed by atoms with van der Waals surface area (Å²) in [7, 11) is -2.04. The Hall–Kier alpha value is -1.63. The molecule has 0 aromatic heterocycles. The van der Waals surface area contributed by atoms with Gasteiger partial charge in [0.2, 0.25) is 0 Å². The highest BCUT2D eigenvalue weighted by Gasteiger charge is 2.35. The molecule has 0 aliphatic rings. The van der Waals surface area contributed by atoms with Gasteiger partial charge in [-0.05, 0) is 24.6 Å². The Labute approximate surface area is 158 Å². The first-order chi connectivity index (χ1) is 12.4. The van der Waals surface area contributed by atoms with Crippen molar-refractivity contribution < 1.29 is 28.3 Å². The van der Waals surface area contributed by atoms with Gasteiger partial charge in [-0.2, -0.15) is 0 Å². The van der Waals surface area contributed by atoms with E-state index < -0.39 is 20.3 Å². The van der Waals surface area contributed by atoms with Gasteiger partial charge in [-0.3, -0.25) is 4.79 Å². The van der Waals surface area contributed by atoms with Gasteiger partial charge in [-0.25, -0.2) is 9.59 Å². The molecule has 0 amide bonds. The molecular weight excluding hydrogens is 352 g/mol. The second-order valence-electron chi connectivity index (χ2n) is 6.33. The molecule has 0 heterocycles. The van der Waals surface area contributed by atoms with Gasteiger partial charge in [0.05, 0.1) is 13.0 Å². The first kappa shape index (κ1) is 24.4. The number of hydrogen-bond acceptors (Lipinski definition) is 6. The van der Waals surface area contributed by atoms with Crippen LogP contribution < -0.4 is 0 Å². The van der Waals surface area contributed by atoms with E-state index in [4.69, 9.17) is 13.9 Å². The fourth-order valence-electron chi connectivity index (χ4n) is 2.86. The van der Waals surface area contributed by atoms with Crippen LogP contribution in [0.5, 0.6) is 0 Å². The smallest absolute Gasteiger partial charge is 0.331 e. The third kappa shape index (κ3) is 11.1. The van der Waals surface area contributed by atoms with Crippen LogP contribution in [0.15, 0.2) is 12.2 Å². The van der Waals surface area contributed by atoms with E-state index in [1.165, 1.54) is 0 Å². The summed E-state index contributed by atoms with van der Waals surface area (Å²) in [5, 5.41) is 0. The Balaban J connectivity index is 4.35. The molecule has 0 fully saturated rings. The van der Waals surface area contributed by atoms with Crippen LogP contribution in [0.4, 0.5) is 0 Å². The average molecular weight is 387 g/mol. The van der Waals surface area contributed by atoms with E-state index in [1.54, 1.807) is 0 Å². The molecule has 150 valence electrons. The zero-order valence-electron chi connectivity index (χ0n) is 16.7. The van der Waals surface area contributed by atoms with E-state index in [0.717, 1.165) is 49.5 Å². The Morgan fingerprint density at radius 1 is 0.731 bits per heavy atom. The van der Waals surface area contributed by atoms with Gasteiger partial charge in [-0.1, -0.05) is 47.0 Å². The Morgan fingerprint density at radius 3 is 1.62 bits per heavy atom. The summed E-state index contributed by atoms with van der Waals surface area (Å²) in [5.41, 5.74) is 0. The highest BCUT2D eigenvalue weighted by atomic mass is 28.4. The minimum absolute atomic E-state index is 0.0335. The second kappa shape index (κ2) is 14.5. The summed E-state index contributed by atoms with van der Waals surface area (Å²) in [6, 6.07) is 2.93. The van der Waals surface area contributed by atoms with Crippen LogP contribution in [0.2, 0.25) is 18.1 Å². The summed E-state index contributed by atoms with van der Waals surface area (Å²) in [5.74, 6) is -1.56. The molecule has 0 aliphatic carbocycles. The van der Waals surface area contributed by atoms with Crippen LogP contribution in [-0.2, 0) is 28.3 Å². The maximum atomic E-state index is 12.2. The Morgan fingerprint density at radius 2 is 1.19 bits per heavy atom. The molecule has 0 spiro atoms. The van der Waals surface area contributed by atoms with Gasteiger partial charge in [0.25, 0.3) is 14.3 Å². The van der Waals surface area contributed by atoms with Crippen molar-refractivity contribution in [2.24, 2.45) is 0 Å². The summed E-state index contributed by atoms with van der Waals surface area (Å²) in [4.78, 5) is 35.0. The summed E-state index contributed by atoms with van der Waals surface area (Å²) in [6.45, 7) is 8.47. The molecule has 0 aromatic rings. The number of carbonyl (C=O) groups excluding carboxylic acids is 3. The van der Waals surface area contributed by atoms with E-state index >= 15 is 0 Å². The minimum atomic E-state index is -2.04. The van der Waals surface area contributed by atoms with Gasteiger partial charge in [-0.15, -0.1) is 0 Å². The SMILES string of the molecule is CCCOC(=O)/C=C/C(=O)OCCC(=O)O[Si](CCC)(CCC)CCC. The molecule has 0 saturated carbocycles. The quantitative estimate of drug-likeness (QED) is 0.253. The lowest BCUT2D eigenvalue weighted by atomic mass is 10.4. The van der Waals surface area contributed by atoms with Crippen LogP contribution in [0.1, 0.15) is 59.8 Å². The van der Waals surface area contributed by atoms with Crippen molar-refractivity contribution in [1.29, 1.82) is 0 Å². The Bertz CT molecular complexity index is 444. The predicted octanol–water partition coefficient (Wildman–Crippen LogP) is 4.15. The summed E-state index contributed by atoms with van der Waals surface area (Å²) < 4.78 is 15.6. The zero-order valence-corrected chi connectivity index (χ0v) is 17.7. The molecule has 0 bridgehead atoms. The number of esters is 2. The normalized spacial score (nSPS) is 11.4. The van der Waals surface area contributed by atoms with E-state index in [0.29, 0.717) is 13.0 Å². The van der Waals surface area contributed by atoms with Gasteiger partial charge >= 0.3 is 11.9 Å². The monoisotopic (exact) mass is 386 g/mol. The highest BCUT2D eigenvalue weighted by molar-refractivity contribution is 6.75. The Kier molecular flexibility index (Phi) is 13.6. The van der Waals surface area contributed by atoms with Gasteiger partial charge < -0.3 is 13.9 Å². The topological polar surface area (TPSA) is 78.9 Å². The van der Waals surface area contributed by atoms with Crippen LogP contribution in [-0.4, -0.2) is 39.4 Å². The third-order valence-corrected chi connectivity index (χ3v) is 8.70. The third-order valence-electron chi connectivity index (χ3n) is 3.80. The molecule has 0 aliphatic heterocycles. The maximum absolute atomic E-state index is 12.2. The number of hydrogen-bond donors (Lipinski definition) is 0. The van der Waals surface area contributed by atoms with Crippen LogP contribution in [0, 0.1) is 0 Å². The second-order valence-corrected chi connectivity index (χ2v) is 10.4. The summed E-state index contributed by atoms with van der Waals surface area (Å²) in [6.07, 6.45) is 5.80. The van der Waals surface area contributed by atoms with Crippen molar-refractivity contribution in [3.8, 4) is 0 Å². The lowest BCUT2D eigenvalue weighted by molar-refractivity contribution is -0.143. The first-order valence-electron chi connectivity index (χ1n) is 9.66. The van der Waals surface area contributed by atoms with E-state index in [9.17, 15) is 14.4 Å². The molecule has 0 radical (unpaired) electrons. The average Bonchev–Trinajstić information content (AvgIpc) is 2.58. The molecule has 26 heavy (non-hydrogen) atoms. The number of ether oxygens (including phenoxy) is 2. The van der Waals surface area contributed by atoms with Crippen LogP contribution in [0.3, 0.4) is 0 Å². The molecule has 0 N–H and O–H groups in total. The maximum Gasteiger partial charge on any atom is 0.331 e. The molecular formula is C19H34O6Si. The van der Waals surface area contributed by atoms with Gasteiger partial charge in [0.1, 0.15) is 6.61 Å². The lowest BCUT2D eigenvalue weighted by Gasteiger charge is -2.30. The fourth-order valence-corrected chi connectivity index (χ4v) is 7.23. The van der Waals surface area contributed by atoms with Crippen molar-refractivity contribution in [3.63, 3.8) is 0 Å². The predicted molar refractivity (Wildman–Crippen MR) is 103 cm³/mol. The lowest BCUT2D eigenvalue weighted by Crippen LogP contribution is -2.40. The largest absolute Gasteiger partial charge is 0.519 e. The number of rotatable bonds is 14. The zero-order chi connectivity index (χ0) is 19.8. The molecule has 0 unspecified atom stereocenters. The van der Waals surface area contributed by atoms with E-state index in [-0.39, 0.29) is 19.0 Å². The van der Waals surface area contributed by atoms with E-state index in [2.05, 4.69) is 20.8 Å². The van der Waals surface area contributed by atoms with Crippen molar-refractivity contribution in [1.82, 2.24) is 0 Å². The molecule has 7 heteroatoms. The molecule has 0 atom stereocenters. The molecule has 0 aromatic carbocycles. The van der Waals surface area contributed by atoms with E-state index in [1.807, 2.05) is 6.92 Å². The standard InChI is InChI=1S/C19H34O6Si/c1-5-12-23-17(20)9-10-18(21)24-13-11-19(22)25-26(14-6-2,15-7-3)16-8-4/h9-10H,5-8,11-16H2,1-4H3/b10-9+. The molecule has 0 rings (SSSR count). The first-order valence-corrected chi connectivity index (χ1v) is 12.2. The molecule has 6 nitrogen and oxygen atoms in total. The number of carbonyl (C=O) groups is 3. The molecule has 0 saturated heterocycles. The van der Waals surface area contributed by atoms with Crippen molar-refractivity contribution in [2.75, 3.05) is 13.2 Å². The van der Waals surface area contributed by atoms with Crippen LogP contribution in [0.25, 0.3) is 0 Å². The van der Waals surface area contributed by atoms with Gasteiger partial charge in [0, 0.05) is 12.2 Å². The van der Waals surface area contributed by atoms with Gasteiger partial charge in [0.15, 0.2) is 0 Å². The summed E-state index contributed by atoms with van der Waals surface area (Å²) >= 11 is 0. The minimum Gasteiger partial charge on any atom is -0.519 e. The van der Waals surface area contributed by atoms with Crippen LogP contribution >= 0.6 is 0 Å². The highest BCUT2D eigenvalue weighted by Crippen LogP contribution is 2.27. The van der Waals surface area contributed by atoms with Crippen molar-refractivity contribution in [2.45, 2.75) is 77.9 Å². The van der Waals surface area contributed by atoms with Crippen molar-refractivity contribution >= 4 is 26.2 Å². The van der Waals surface area contributed by atoms with Crippen molar-refractivity contribution in [3.05, 3.63) is 12.2 Å². The fraction of sp³-hybridized carbons (Fsp3) is 0.737.